The van der Waals surface area contributed by atoms with Crippen LogP contribution < -0.4 is 9.47 Å². The fraction of sp³-hybridized carbons (Fsp3) is 0.667. The highest BCUT2D eigenvalue weighted by Gasteiger charge is 2.54. The number of fused-ring (bicyclic) bond motifs is 1. The third-order valence-corrected chi connectivity index (χ3v) is 7.39. The predicted molar refractivity (Wildman–Crippen MR) is 107 cm³/mol. The van der Waals surface area contributed by atoms with E-state index in [1.54, 1.807) is 6.07 Å². The second kappa shape index (κ2) is 6.75. The molecule has 29 heavy (non-hydrogen) atoms. The highest BCUT2D eigenvalue weighted by Crippen LogP contribution is 2.60. The molecule has 6 rings (SSSR count). The fourth-order valence-corrected chi connectivity index (χ4v) is 6.63. The van der Waals surface area contributed by atoms with Crippen molar-refractivity contribution < 1.29 is 23.8 Å². The quantitative estimate of drug-likeness (QED) is 0.675. The Morgan fingerprint density at radius 1 is 1.03 bits per heavy atom. The average molecular weight is 398 g/mol. The first kappa shape index (κ1) is 19.0. The van der Waals surface area contributed by atoms with Crippen LogP contribution in [0.1, 0.15) is 57.9 Å². The lowest BCUT2D eigenvalue weighted by Gasteiger charge is -2.55. The minimum Gasteiger partial charge on any atom is -0.483 e. The summed E-state index contributed by atoms with van der Waals surface area (Å²) < 4.78 is 17.0. The molecule has 0 radical (unpaired) electrons. The van der Waals surface area contributed by atoms with Crippen LogP contribution in [0.4, 0.5) is 0 Å². The molecule has 4 bridgehead atoms. The van der Waals surface area contributed by atoms with Gasteiger partial charge in [0, 0.05) is 17.4 Å². The highest BCUT2D eigenvalue weighted by atomic mass is 16.6. The summed E-state index contributed by atoms with van der Waals surface area (Å²) in [5, 5.41) is 0. The molecule has 5 heteroatoms. The molecule has 0 atom stereocenters. The van der Waals surface area contributed by atoms with Crippen molar-refractivity contribution in [3.05, 3.63) is 23.8 Å². The van der Waals surface area contributed by atoms with Gasteiger partial charge in [0.25, 0.3) is 0 Å². The van der Waals surface area contributed by atoms with Crippen molar-refractivity contribution in [1.29, 1.82) is 0 Å². The van der Waals surface area contributed by atoms with Gasteiger partial charge in [0.1, 0.15) is 5.60 Å². The number of hydrogen-bond acceptors (Lipinski definition) is 5. The molecule has 0 spiro atoms. The van der Waals surface area contributed by atoms with Crippen LogP contribution in [0.15, 0.2) is 18.2 Å². The molecular weight excluding hydrogens is 368 g/mol. The van der Waals surface area contributed by atoms with E-state index in [9.17, 15) is 9.59 Å². The molecule has 1 aromatic rings. The molecule has 5 nitrogen and oxygen atoms in total. The van der Waals surface area contributed by atoms with E-state index in [0.29, 0.717) is 29.3 Å². The molecule has 1 aliphatic heterocycles. The van der Waals surface area contributed by atoms with E-state index >= 15 is 0 Å². The Kier molecular flexibility index (Phi) is 4.41. The minimum atomic E-state index is -0.502. The van der Waals surface area contributed by atoms with Gasteiger partial charge < -0.3 is 14.2 Å². The van der Waals surface area contributed by atoms with Crippen molar-refractivity contribution in [3.8, 4) is 11.5 Å². The number of hydrogen-bond donors (Lipinski definition) is 0. The molecule has 4 saturated carbocycles. The molecule has 0 saturated heterocycles. The smallest absolute Gasteiger partial charge is 0.344 e. The summed E-state index contributed by atoms with van der Waals surface area (Å²) in [5.74, 6) is 2.98. The zero-order chi connectivity index (χ0) is 20.2. The second-order valence-corrected chi connectivity index (χ2v) is 10.4. The monoisotopic (exact) mass is 398 g/mol. The summed E-state index contributed by atoms with van der Waals surface area (Å²) in [6, 6.07) is 5.72. The summed E-state index contributed by atoms with van der Waals surface area (Å²) in [6.45, 7) is 3.72. The summed E-state index contributed by atoms with van der Waals surface area (Å²) in [6.07, 6.45) is 7.67. The van der Waals surface area contributed by atoms with Gasteiger partial charge in [-0.2, -0.15) is 0 Å². The summed E-state index contributed by atoms with van der Waals surface area (Å²) in [5.41, 5.74) is 0.583. The molecule has 0 aromatic heterocycles. The molecule has 5 aliphatic rings. The number of esters is 1. The predicted octanol–water partition coefficient (Wildman–Crippen LogP) is 4.11. The van der Waals surface area contributed by atoms with Crippen molar-refractivity contribution in [2.75, 3.05) is 13.2 Å². The van der Waals surface area contributed by atoms with E-state index in [1.807, 2.05) is 26.0 Å². The molecule has 4 aliphatic carbocycles. The van der Waals surface area contributed by atoms with Crippen molar-refractivity contribution >= 4 is 11.8 Å². The molecule has 4 fully saturated rings. The van der Waals surface area contributed by atoms with Gasteiger partial charge in [-0.3, -0.25) is 4.79 Å². The molecule has 1 heterocycles. The highest BCUT2D eigenvalue weighted by molar-refractivity contribution is 5.88. The minimum absolute atomic E-state index is 0.120. The van der Waals surface area contributed by atoms with Crippen LogP contribution in [0.25, 0.3) is 0 Å². The largest absolute Gasteiger partial charge is 0.483 e. The first-order valence-electron chi connectivity index (χ1n) is 10.9. The lowest BCUT2D eigenvalue weighted by molar-refractivity contribution is -0.158. The van der Waals surface area contributed by atoms with Crippen LogP contribution >= 0.6 is 0 Å². The van der Waals surface area contributed by atoms with Crippen molar-refractivity contribution in [2.45, 2.75) is 64.4 Å². The van der Waals surface area contributed by atoms with Gasteiger partial charge in [-0.15, -0.1) is 0 Å². The van der Waals surface area contributed by atoms with Crippen LogP contribution in [0.5, 0.6) is 11.5 Å². The molecule has 0 amide bonds. The Morgan fingerprint density at radius 3 is 2.34 bits per heavy atom. The number of rotatable bonds is 6. The number of Topliss-reactive ketones (excluding diaryl/α,β-unsaturated/α-hetero) is 1. The normalized spacial score (nSPS) is 33.1. The molecular formula is C24H30O5. The maximum atomic E-state index is 13.0. The lowest BCUT2D eigenvalue weighted by Crippen LogP contribution is -2.51. The summed E-state index contributed by atoms with van der Waals surface area (Å²) >= 11 is 0. The van der Waals surface area contributed by atoms with E-state index in [4.69, 9.17) is 14.2 Å². The third-order valence-electron chi connectivity index (χ3n) is 7.39. The number of carbonyl (C=O) groups excluding carboxylic acids is 2. The number of ketones is 1. The fourth-order valence-electron chi connectivity index (χ4n) is 6.63. The zero-order valence-corrected chi connectivity index (χ0v) is 17.4. The maximum Gasteiger partial charge on any atom is 0.344 e. The van der Waals surface area contributed by atoms with Crippen molar-refractivity contribution in [1.82, 2.24) is 0 Å². The Hall–Kier alpha value is -2.04. The number of benzene rings is 1. The Bertz CT molecular complexity index is 804. The molecule has 0 N–H and O–H groups in total. The van der Waals surface area contributed by atoms with E-state index in [1.165, 1.54) is 19.3 Å². The number of para-hydroxylation sites is 1. The van der Waals surface area contributed by atoms with E-state index in [2.05, 4.69) is 0 Å². The standard InChI is InChI=1S/C24H30O5/c1-23(2)12-18-4-3-5-19(22(18)29-23)27-14-21(26)28-13-20(25)24-9-15-6-16(10-24)8-17(7-15)11-24/h3-5,15-17H,6-14H2,1-2H3. The first-order valence-corrected chi connectivity index (χ1v) is 10.9. The summed E-state index contributed by atoms with van der Waals surface area (Å²) in [7, 11) is 0. The van der Waals surface area contributed by atoms with Gasteiger partial charge in [-0.1, -0.05) is 12.1 Å². The van der Waals surface area contributed by atoms with Gasteiger partial charge in [-0.25, -0.2) is 4.79 Å². The Labute approximate surface area is 172 Å². The topological polar surface area (TPSA) is 61.8 Å². The third kappa shape index (κ3) is 3.53. The van der Waals surface area contributed by atoms with Gasteiger partial charge >= 0.3 is 5.97 Å². The number of carbonyl (C=O) groups is 2. The summed E-state index contributed by atoms with van der Waals surface area (Å²) in [4.78, 5) is 25.2. The SMILES string of the molecule is CC1(C)Cc2cccc(OCC(=O)OCC(=O)C34CC5CC(CC(C5)C3)C4)c2O1. The molecule has 156 valence electrons. The number of ether oxygens (including phenoxy) is 3. The van der Waals surface area contributed by atoms with Gasteiger partial charge in [-0.05, 0) is 76.2 Å². The molecule has 0 unspecified atom stereocenters. The van der Waals surface area contributed by atoms with Crippen molar-refractivity contribution in [3.63, 3.8) is 0 Å². The lowest BCUT2D eigenvalue weighted by atomic mass is 9.48. The Balaban J connectivity index is 1.15. The van der Waals surface area contributed by atoms with Crippen LogP contribution in [0.2, 0.25) is 0 Å². The second-order valence-electron chi connectivity index (χ2n) is 10.4. The van der Waals surface area contributed by atoms with E-state index in [0.717, 1.165) is 31.2 Å². The average Bonchev–Trinajstić information content (AvgIpc) is 2.97. The van der Waals surface area contributed by atoms with Gasteiger partial charge in [0.2, 0.25) is 0 Å². The molecule has 1 aromatic carbocycles. The van der Waals surface area contributed by atoms with Crippen LogP contribution in [-0.2, 0) is 20.7 Å². The van der Waals surface area contributed by atoms with Crippen LogP contribution in [0, 0.1) is 23.2 Å². The van der Waals surface area contributed by atoms with Crippen LogP contribution in [-0.4, -0.2) is 30.6 Å². The zero-order valence-electron chi connectivity index (χ0n) is 17.4. The first-order chi connectivity index (χ1) is 13.8. The van der Waals surface area contributed by atoms with Crippen molar-refractivity contribution in [2.24, 2.45) is 23.2 Å². The van der Waals surface area contributed by atoms with E-state index < -0.39 is 5.97 Å². The maximum absolute atomic E-state index is 13.0. The van der Waals surface area contributed by atoms with Crippen LogP contribution in [0.3, 0.4) is 0 Å². The van der Waals surface area contributed by atoms with Gasteiger partial charge in [0.05, 0.1) is 0 Å². The van der Waals surface area contributed by atoms with E-state index in [-0.39, 0.29) is 30.0 Å². The van der Waals surface area contributed by atoms with Gasteiger partial charge in [0.15, 0.2) is 30.5 Å². The Morgan fingerprint density at radius 2 is 1.69 bits per heavy atom.